The lowest BCUT2D eigenvalue weighted by Crippen LogP contribution is -2.46. The molecule has 0 bridgehead atoms. The van der Waals surface area contributed by atoms with Crippen LogP contribution in [0.5, 0.6) is 0 Å². The standard InChI is InChI=1S/C21H19F3N2O2S/c22-21(23,24)14-10-8-13(9-11-14)18(26-12-4-3-6-16(26)20(27)28)19-25-15-5-1-2-7-17(15)29-19/h1-2,5,7-11,16,18H,3-4,6,12H2,(H,27,28). The van der Waals surface area contributed by atoms with Crippen molar-refractivity contribution in [2.75, 3.05) is 6.54 Å². The largest absolute Gasteiger partial charge is 0.480 e. The number of aromatic nitrogens is 1. The highest BCUT2D eigenvalue weighted by atomic mass is 32.1. The maximum absolute atomic E-state index is 13.0. The van der Waals surface area contributed by atoms with Gasteiger partial charge in [-0.2, -0.15) is 13.2 Å². The molecule has 2 aromatic carbocycles. The summed E-state index contributed by atoms with van der Waals surface area (Å²) < 4.78 is 40.0. The summed E-state index contributed by atoms with van der Waals surface area (Å²) in [4.78, 5) is 18.4. The lowest BCUT2D eigenvalue weighted by Gasteiger charge is -2.38. The lowest BCUT2D eigenvalue weighted by atomic mass is 9.96. The monoisotopic (exact) mass is 420 g/mol. The molecule has 29 heavy (non-hydrogen) atoms. The van der Waals surface area contributed by atoms with E-state index < -0.39 is 29.8 Å². The highest BCUT2D eigenvalue weighted by molar-refractivity contribution is 7.18. The van der Waals surface area contributed by atoms with Gasteiger partial charge in [0, 0.05) is 6.54 Å². The number of hydrogen-bond donors (Lipinski definition) is 1. The number of thiazole rings is 1. The van der Waals surface area contributed by atoms with E-state index in [4.69, 9.17) is 4.98 Å². The second kappa shape index (κ2) is 7.76. The van der Waals surface area contributed by atoms with Crippen molar-refractivity contribution in [2.24, 2.45) is 0 Å². The third-order valence-electron chi connectivity index (χ3n) is 5.26. The molecule has 0 aliphatic carbocycles. The van der Waals surface area contributed by atoms with Crippen LogP contribution in [0.1, 0.15) is 41.4 Å². The molecule has 4 rings (SSSR count). The van der Waals surface area contributed by atoms with Gasteiger partial charge < -0.3 is 5.11 Å². The average molecular weight is 420 g/mol. The number of rotatable bonds is 4. The van der Waals surface area contributed by atoms with Crippen LogP contribution in [-0.2, 0) is 11.0 Å². The molecule has 0 radical (unpaired) electrons. The van der Waals surface area contributed by atoms with Crippen molar-refractivity contribution >= 4 is 27.5 Å². The molecule has 1 aromatic heterocycles. The number of fused-ring (bicyclic) bond motifs is 1. The Labute approximate surface area is 169 Å². The summed E-state index contributed by atoms with van der Waals surface area (Å²) in [5.74, 6) is -0.914. The van der Waals surface area contributed by atoms with E-state index >= 15 is 0 Å². The summed E-state index contributed by atoms with van der Waals surface area (Å²) >= 11 is 1.45. The number of carbonyl (C=O) groups is 1. The Kier molecular flexibility index (Phi) is 5.31. The molecule has 1 aliphatic heterocycles. The zero-order valence-corrected chi connectivity index (χ0v) is 16.2. The van der Waals surface area contributed by atoms with Crippen molar-refractivity contribution in [2.45, 2.75) is 37.5 Å². The predicted octanol–water partition coefficient (Wildman–Crippen LogP) is 5.34. The van der Waals surface area contributed by atoms with E-state index in [1.54, 1.807) is 0 Å². The fraction of sp³-hybridized carbons (Fsp3) is 0.333. The highest BCUT2D eigenvalue weighted by Gasteiger charge is 2.37. The maximum Gasteiger partial charge on any atom is 0.416 e. The Bertz CT molecular complexity index is 984. The number of halogens is 3. The third kappa shape index (κ3) is 4.00. The van der Waals surface area contributed by atoms with E-state index in [1.165, 1.54) is 23.5 Å². The second-order valence-corrected chi connectivity index (χ2v) is 8.19. The number of piperidine rings is 1. The second-order valence-electron chi connectivity index (χ2n) is 7.13. The topological polar surface area (TPSA) is 53.4 Å². The van der Waals surface area contributed by atoms with Gasteiger partial charge in [0.1, 0.15) is 11.0 Å². The Morgan fingerprint density at radius 2 is 1.86 bits per heavy atom. The Hall–Kier alpha value is -2.45. The van der Waals surface area contributed by atoms with E-state index in [1.807, 2.05) is 29.2 Å². The third-order valence-corrected chi connectivity index (χ3v) is 6.35. The molecule has 152 valence electrons. The van der Waals surface area contributed by atoms with Crippen LogP contribution in [-0.4, -0.2) is 33.5 Å². The molecule has 2 atom stereocenters. The summed E-state index contributed by atoms with van der Waals surface area (Å²) in [5.41, 5.74) is 0.691. The molecule has 1 fully saturated rings. The van der Waals surface area contributed by atoms with Crippen molar-refractivity contribution in [1.82, 2.24) is 9.88 Å². The molecule has 4 nitrogen and oxygen atoms in total. The van der Waals surface area contributed by atoms with Crippen molar-refractivity contribution in [3.05, 3.63) is 64.7 Å². The number of aliphatic carboxylic acids is 1. The molecular formula is C21H19F3N2O2S. The van der Waals surface area contributed by atoms with Gasteiger partial charge in [-0.1, -0.05) is 30.7 Å². The van der Waals surface area contributed by atoms with Gasteiger partial charge in [-0.3, -0.25) is 9.69 Å². The van der Waals surface area contributed by atoms with Crippen molar-refractivity contribution in [1.29, 1.82) is 0 Å². The molecule has 0 spiro atoms. The van der Waals surface area contributed by atoms with Crippen LogP contribution in [0.25, 0.3) is 10.2 Å². The lowest BCUT2D eigenvalue weighted by molar-refractivity contribution is -0.145. The van der Waals surface area contributed by atoms with Gasteiger partial charge in [0.15, 0.2) is 0 Å². The maximum atomic E-state index is 13.0. The van der Waals surface area contributed by atoms with E-state index in [-0.39, 0.29) is 0 Å². The number of benzene rings is 2. The van der Waals surface area contributed by atoms with Crippen molar-refractivity contribution in [3.8, 4) is 0 Å². The Morgan fingerprint density at radius 3 is 2.52 bits per heavy atom. The molecule has 0 amide bonds. The molecular weight excluding hydrogens is 401 g/mol. The molecule has 2 heterocycles. The van der Waals surface area contributed by atoms with Gasteiger partial charge in [0.2, 0.25) is 0 Å². The summed E-state index contributed by atoms with van der Waals surface area (Å²) in [5, 5.41) is 10.4. The Morgan fingerprint density at radius 1 is 1.14 bits per heavy atom. The van der Waals surface area contributed by atoms with Gasteiger partial charge >= 0.3 is 12.1 Å². The first kappa shape index (κ1) is 19.8. The highest BCUT2D eigenvalue weighted by Crippen LogP contribution is 2.39. The van der Waals surface area contributed by atoms with Crippen LogP contribution in [0.15, 0.2) is 48.5 Å². The van der Waals surface area contributed by atoms with E-state index in [9.17, 15) is 23.1 Å². The van der Waals surface area contributed by atoms with Gasteiger partial charge in [-0.05, 0) is 42.7 Å². The number of para-hydroxylation sites is 1. The summed E-state index contributed by atoms with van der Waals surface area (Å²) in [6.07, 6.45) is -2.26. The van der Waals surface area contributed by atoms with Gasteiger partial charge in [-0.25, -0.2) is 4.98 Å². The zero-order valence-electron chi connectivity index (χ0n) is 15.4. The minimum atomic E-state index is -4.42. The van der Waals surface area contributed by atoms with Crippen molar-refractivity contribution in [3.63, 3.8) is 0 Å². The molecule has 1 saturated heterocycles. The zero-order chi connectivity index (χ0) is 20.6. The minimum Gasteiger partial charge on any atom is -0.480 e. The van der Waals surface area contributed by atoms with Crippen molar-refractivity contribution < 1.29 is 23.1 Å². The first-order valence-electron chi connectivity index (χ1n) is 9.36. The smallest absolute Gasteiger partial charge is 0.416 e. The fourth-order valence-electron chi connectivity index (χ4n) is 3.87. The summed E-state index contributed by atoms with van der Waals surface area (Å²) in [6, 6.07) is 11.4. The molecule has 2 unspecified atom stereocenters. The predicted molar refractivity (Wildman–Crippen MR) is 105 cm³/mol. The van der Waals surface area contributed by atoms with Crippen LogP contribution in [0.2, 0.25) is 0 Å². The number of carboxylic acids is 1. The van der Waals surface area contributed by atoms with Crippen LogP contribution >= 0.6 is 11.3 Å². The van der Waals surface area contributed by atoms with Crippen LogP contribution < -0.4 is 0 Å². The number of carboxylic acid groups (broad SMARTS) is 1. The molecule has 1 N–H and O–H groups in total. The van der Waals surface area contributed by atoms with Gasteiger partial charge in [0.05, 0.1) is 21.8 Å². The van der Waals surface area contributed by atoms with E-state index in [0.717, 1.165) is 35.2 Å². The average Bonchev–Trinajstić information content (AvgIpc) is 3.12. The first-order chi connectivity index (χ1) is 13.8. The van der Waals surface area contributed by atoms with Gasteiger partial charge in [0.25, 0.3) is 0 Å². The molecule has 8 heteroatoms. The minimum absolute atomic E-state index is 0.504. The van der Waals surface area contributed by atoms with Crippen LogP contribution in [0.4, 0.5) is 13.2 Å². The van der Waals surface area contributed by atoms with Gasteiger partial charge in [-0.15, -0.1) is 11.3 Å². The number of hydrogen-bond acceptors (Lipinski definition) is 4. The summed E-state index contributed by atoms with van der Waals surface area (Å²) in [6.45, 7) is 0.554. The fourth-order valence-corrected chi connectivity index (χ4v) is 4.98. The van der Waals surface area contributed by atoms with E-state index in [2.05, 4.69) is 0 Å². The summed E-state index contributed by atoms with van der Waals surface area (Å²) in [7, 11) is 0. The first-order valence-corrected chi connectivity index (χ1v) is 10.2. The quantitative estimate of drug-likeness (QED) is 0.619. The van der Waals surface area contributed by atoms with E-state index in [0.29, 0.717) is 23.5 Å². The number of alkyl halides is 3. The molecule has 0 saturated carbocycles. The normalized spacial score (nSPS) is 19.3. The molecule has 1 aliphatic rings. The number of likely N-dealkylation sites (tertiary alicyclic amines) is 1. The van der Waals surface area contributed by atoms with Crippen LogP contribution in [0, 0.1) is 0 Å². The Balaban J connectivity index is 1.81. The number of nitrogens with zero attached hydrogens (tertiary/aromatic N) is 2. The molecule has 3 aromatic rings. The SMILES string of the molecule is O=C(O)C1CCCCN1C(c1ccc(C(F)(F)F)cc1)c1nc2ccccc2s1. The van der Waals surface area contributed by atoms with Crippen LogP contribution in [0.3, 0.4) is 0 Å².